The number of likely N-dealkylation sites (N-methyl/N-ethyl adjacent to an activating group) is 1. The number of nitrogens with zero attached hydrogens (tertiary/aromatic N) is 1. The van der Waals surface area contributed by atoms with Crippen LogP contribution in [-0.4, -0.2) is 57.2 Å². The summed E-state index contributed by atoms with van der Waals surface area (Å²) in [6.07, 6.45) is 3.63. The molecule has 2 aromatic carbocycles. The summed E-state index contributed by atoms with van der Waals surface area (Å²) in [6, 6.07) is 12.8. The van der Waals surface area contributed by atoms with Gasteiger partial charge in [-0.25, -0.2) is 0 Å². The molecule has 184 valence electrons. The lowest BCUT2D eigenvalue weighted by Crippen LogP contribution is -2.43. The number of benzene rings is 2. The van der Waals surface area contributed by atoms with Gasteiger partial charge in [0.15, 0.2) is 18.1 Å². The molecule has 8 heteroatoms. The Morgan fingerprint density at radius 2 is 1.88 bits per heavy atom. The van der Waals surface area contributed by atoms with Crippen molar-refractivity contribution < 1.29 is 28.5 Å². The van der Waals surface area contributed by atoms with E-state index in [1.165, 1.54) is 0 Å². The maximum Gasteiger partial charge on any atom is 0.323 e. The number of ether oxygens (including phenoxy) is 4. The molecule has 34 heavy (non-hydrogen) atoms. The van der Waals surface area contributed by atoms with E-state index in [-0.39, 0.29) is 18.6 Å². The van der Waals surface area contributed by atoms with E-state index in [9.17, 15) is 9.59 Å². The molecule has 1 heterocycles. The summed E-state index contributed by atoms with van der Waals surface area (Å²) < 4.78 is 22.3. The molecule has 1 unspecified atom stereocenters. The van der Waals surface area contributed by atoms with Crippen LogP contribution in [0.2, 0.25) is 0 Å². The molecule has 0 bridgehead atoms. The molecule has 0 radical (unpaired) electrons. The van der Waals surface area contributed by atoms with Gasteiger partial charge in [-0.05, 0) is 74.7 Å². The van der Waals surface area contributed by atoms with Crippen LogP contribution in [0, 0.1) is 0 Å². The summed E-state index contributed by atoms with van der Waals surface area (Å²) in [6.45, 7) is 0.666. The number of rotatable bonds is 11. The van der Waals surface area contributed by atoms with Gasteiger partial charge < -0.3 is 24.7 Å². The summed E-state index contributed by atoms with van der Waals surface area (Å²) >= 11 is 0. The minimum absolute atomic E-state index is 0.216. The van der Waals surface area contributed by atoms with Gasteiger partial charge in [-0.15, -0.1) is 0 Å². The fourth-order valence-electron chi connectivity index (χ4n) is 4.18. The van der Waals surface area contributed by atoms with E-state index >= 15 is 0 Å². The number of likely N-dealkylation sites (tertiary alicyclic amines) is 1. The van der Waals surface area contributed by atoms with E-state index in [0.717, 1.165) is 36.9 Å². The number of primary amides is 1. The lowest BCUT2D eigenvalue weighted by atomic mass is 9.99. The Kier molecular flexibility index (Phi) is 9.16. The maximum atomic E-state index is 13.1. The van der Waals surface area contributed by atoms with Crippen LogP contribution in [0.5, 0.6) is 17.2 Å². The van der Waals surface area contributed by atoms with Crippen LogP contribution >= 0.6 is 0 Å². The number of hydrogen-bond acceptors (Lipinski definition) is 7. The molecule has 0 aromatic heterocycles. The van der Waals surface area contributed by atoms with E-state index in [4.69, 9.17) is 24.7 Å². The van der Waals surface area contributed by atoms with Crippen molar-refractivity contribution in [2.24, 2.45) is 5.73 Å². The van der Waals surface area contributed by atoms with Gasteiger partial charge in [0.1, 0.15) is 17.9 Å². The molecule has 2 N–H and O–H groups in total. The minimum atomic E-state index is -0.554. The van der Waals surface area contributed by atoms with E-state index in [0.29, 0.717) is 30.1 Å². The molecule has 8 nitrogen and oxygen atoms in total. The van der Waals surface area contributed by atoms with Crippen molar-refractivity contribution in [1.29, 1.82) is 0 Å². The molecule has 2 aromatic rings. The Morgan fingerprint density at radius 1 is 1.09 bits per heavy atom. The van der Waals surface area contributed by atoms with Crippen molar-refractivity contribution in [3.05, 3.63) is 53.6 Å². The highest BCUT2D eigenvalue weighted by atomic mass is 16.5. The van der Waals surface area contributed by atoms with Gasteiger partial charge in [-0.3, -0.25) is 14.5 Å². The van der Waals surface area contributed by atoms with Crippen LogP contribution < -0.4 is 19.9 Å². The third kappa shape index (κ3) is 6.87. The monoisotopic (exact) mass is 470 g/mol. The van der Waals surface area contributed by atoms with Crippen molar-refractivity contribution in [3.8, 4) is 17.2 Å². The second-order valence-corrected chi connectivity index (χ2v) is 8.47. The molecule has 2 atom stereocenters. The zero-order valence-electron chi connectivity index (χ0n) is 20.1. The molecule has 3 rings (SSSR count). The Balaban J connectivity index is 1.79. The van der Waals surface area contributed by atoms with Crippen molar-refractivity contribution in [2.45, 2.75) is 44.2 Å². The van der Waals surface area contributed by atoms with Crippen LogP contribution in [0.4, 0.5) is 0 Å². The SMILES string of the molecule is COc1ccc(CCC(OC(=O)[C@@H]2CCCCN2C)c2cccc(OCC(N)=O)c2)cc1OC. The predicted molar refractivity (Wildman–Crippen MR) is 128 cm³/mol. The minimum Gasteiger partial charge on any atom is -0.493 e. The number of esters is 1. The van der Waals surface area contributed by atoms with Crippen molar-refractivity contribution in [3.63, 3.8) is 0 Å². The molecule has 1 aliphatic heterocycles. The molecular weight excluding hydrogens is 436 g/mol. The lowest BCUT2D eigenvalue weighted by Gasteiger charge is -2.32. The summed E-state index contributed by atoms with van der Waals surface area (Å²) in [5.41, 5.74) is 7.04. The quantitative estimate of drug-likeness (QED) is 0.503. The highest BCUT2D eigenvalue weighted by Crippen LogP contribution is 2.31. The number of hydrogen-bond donors (Lipinski definition) is 1. The highest BCUT2D eigenvalue weighted by Gasteiger charge is 2.30. The smallest absolute Gasteiger partial charge is 0.323 e. The molecule has 1 saturated heterocycles. The van der Waals surface area contributed by atoms with Gasteiger partial charge >= 0.3 is 5.97 Å². The fraction of sp³-hybridized carbons (Fsp3) is 0.462. The number of methoxy groups -OCH3 is 2. The number of amides is 1. The van der Waals surface area contributed by atoms with Crippen LogP contribution in [0.15, 0.2) is 42.5 Å². The first-order valence-corrected chi connectivity index (χ1v) is 11.5. The fourth-order valence-corrected chi connectivity index (χ4v) is 4.18. The Labute approximate surface area is 200 Å². The van der Waals surface area contributed by atoms with Gasteiger partial charge in [-0.2, -0.15) is 0 Å². The molecule has 0 spiro atoms. The van der Waals surface area contributed by atoms with Crippen LogP contribution in [0.3, 0.4) is 0 Å². The molecule has 1 aliphatic rings. The summed E-state index contributed by atoms with van der Waals surface area (Å²) in [5.74, 6) is 1.04. The van der Waals surface area contributed by atoms with Crippen molar-refractivity contribution in [1.82, 2.24) is 4.90 Å². The van der Waals surface area contributed by atoms with Gasteiger partial charge in [0.25, 0.3) is 5.91 Å². The second kappa shape index (κ2) is 12.3. The molecule has 0 aliphatic carbocycles. The number of piperidine rings is 1. The number of carbonyl (C=O) groups excluding carboxylic acids is 2. The standard InChI is InChI=1S/C26H34N2O6/c1-28-14-5-4-9-21(28)26(30)34-22(19-7-6-8-20(16-19)33-17-25(27)29)12-10-18-11-13-23(31-2)24(15-18)32-3/h6-8,11,13,15-16,21-22H,4-5,9-10,12,14,17H2,1-3H3,(H2,27,29)/t21-,22?/m0/s1. The van der Waals surface area contributed by atoms with E-state index < -0.39 is 12.0 Å². The Bertz CT molecular complexity index is 980. The molecule has 1 fully saturated rings. The van der Waals surface area contributed by atoms with Crippen LogP contribution in [0.1, 0.15) is 42.9 Å². The molecular formula is C26H34N2O6. The zero-order valence-corrected chi connectivity index (χ0v) is 20.1. The summed E-state index contributed by atoms with van der Waals surface area (Å²) in [4.78, 5) is 26.3. The third-order valence-electron chi connectivity index (χ3n) is 6.06. The Morgan fingerprint density at radius 3 is 2.59 bits per heavy atom. The third-order valence-corrected chi connectivity index (χ3v) is 6.06. The van der Waals surface area contributed by atoms with Gasteiger partial charge in [0.2, 0.25) is 0 Å². The van der Waals surface area contributed by atoms with Gasteiger partial charge in [0.05, 0.1) is 14.2 Å². The normalized spacial score (nSPS) is 17.0. The Hall–Kier alpha value is -3.26. The van der Waals surface area contributed by atoms with Crippen molar-refractivity contribution >= 4 is 11.9 Å². The number of aryl methyl sites for hydroxylation is 1. The lowest BCUT2D eigenvalue weighted by molar-refractivity contribution is -0.157. The second-order valence-electron chi connectivity index (χ2n) is 8.47. The van der Waals surface area contributed by atoms with Crippen LogP contribution in [0.25, 0.3) is 0 Å². The topological polar surface area (TPSA) is 100 Å². The number of nitrogens with two attached hydrogens (primary N) is 1. The largest absolute Gasteiger partial charge is 0.493 e. The first kappa shape index (κ1) is 25.4. The average molecular weight is 471 g/mol. The summed E-state index contributed by atoms with van der Waals surface area (Å²) in [5, 5.41) is 0. The van der Waals surface area contributed by atoms with Gasteiger partial charge in [0, 0.05) is 0 Å². The number of carbonyl (C=O) groups is 2. The highest BCUT2D eigenvalue weighted by molar-refractivity contribution is 5.76. The van der Waals surface area contributed by atoms with E-state index in [2.05, 4.69) is 4.90 Å². The molecule has 0 saturated carbocycles. The average Bonchev–Trinajstić information content (AvgIpc) is 2.85. The van der Waals surface area contributed by atoms with Crippen LogP contribution in [-0.2, 0) is 20.7 Å². The van der Waals surface area contributed by atoms with Crippen molar-refractivity contribution in [2.75, 3.05) is 34.4 Å². The first-order chi connectivity index (χ1) is 16.4. The van der Waals surface area contributed by atoms with Gasteiger partial charge in [-0.1, -0.05) is 24.6 Å². The first-order valence-electron chi connectivity index (χ1n) is 11.5. The zero-order chi connectivity index (χ0) is 24.5. The van der Waals surface area contributed by atoms with E-state index in [1.54, 1.807) is 26.4 Å². The predicted octanol–water partition coefficient (Wildman–Crippen LogP) is 3.27. The summed E-state index contributed by atoms with van der Waals surface area (Å²) in [7, 11) is 5.16. The molecule has 1 amide bonds. The maximum absolute atomic E-state index is 13.1. The van der Waals surface area contributed by atoms with E-state index in [1.807, 2.05) is 37.4 Å².